The number of methoxy groups -OCH3 is 2. The van der Waals surface area contributed by atoms with Crippen LogP contribution in [0.15, 0.2) is 72.8 Å². The number of amides is 2. The number of carboxylic acids is 2. The van der Waals surface area contributed by atoms with E-state index in [0.29, 0.717) is 244 Å². The molecule has 2 saturated carbocycles. The van der Waals surface area contributed by atoms with E-state index in [4.69, 9.17) is 56.8 Å². The van der Waals surface area contributed by atoms with Gasteiger partial charge in [-0.1, -0.05) is 37.1 Å². The molecule has 5 N–H and O–H groups in total. The van der Waals surface area contributed by atoms with Gasteiger partial charge in [0.1, 0.15) is 22.8 Å². The molecule has 2 amide bonds. The SMILES string of the molecule is COC(=O)c1cccc(CN2CCOCCOCCN(Cc3cccc(C(=O)OC)n3)CCO[C@H](CSCCCCCNC(=O)OCC3[C@H]4CCC#CCC[C@@H]34)COCC2)n1.O=C(NCCCCCSC[C@@H]1COCCN(Cc2cccc(C(=O)O)n2)CCOCCOCCN(Cc2cccc(C(=O)O)n2)CCO1)OCC1[C@H]2CCC#CCC[C@@H]12.S.S.[Li+].[OH-]. The second-order valence-electron chi connectivity index (χ2n) is 30.5. The number of nitrogens with one attached hydrogen (secondary N) is 2. The normalized spacial score (nSPS) is 21.9. The van der Waals surface area contributed by atoms with Crippen LogP contribution in [-0.4, -0.2) is 312 Å². The molecule has 4 fully saturated rings. The van der Waals surface area contributed by atoms with Gasteiger partial charge in [-0.2, -0.15) is 50.5 Å². The van der Waals surface area contributed by atoms with Crippen molar-refractivity contribution in [1.82, 2.24) is 50.2 Å². The van der Waals surface area contributed by atoms with E-state index in [1.165, 1.54) is 26.4 Å². The summed E-state index contributed by atoms with van der Waals surface area (Å²) < 4.78 is 69.9. The van der Waals surface area contributed by atoms with Crippen LogP contribution in [0.2, 0.25) is 0 Å². The maximum absolute atomic E-state index is 12.3. The van der Waals surface area contributed by atoms with Crippen LogP contribution in [0.5, 0.6) is 0 Å². The van der Waals surface area contributed by atoms with Crippen molar-refractivity contribution >= 4 is 86.6 Å². The van der Waals surface area contributed by atoms with Gasteiger partial charge in [0.05, 0.1) is 155 Å². The van der Waals surface area contributed by atoms with Crippen molar-refractivity contribution < 1.29 is 120 Å². The number of nitrogens with zero attached hydrogens (tertiary/aromatic N) is 8. The van der Waals surface area contributed by atoms with Gasteiger partial charge < -0.3 is 83.2 Å². The minimum Gasteiger partial charge on any atom is -0.870 e. The molecule has 2 aliphatic heterocycles. The van der Waals surface area contributed by atoms with Gasteiger partial charge in [0.15, 0.2) is 0 Å². The van der Waals surface area contributed by atoms with Gasteiger partial charge in [-0.3, -0.25) is 19.6 Å². The molecule has 8 atom stereocenters. The molecule has 2 unspecified atom stereocenters. The van der Waals surface area contributed by atoms with Gasteiger partial charge in [0, 0.05) is 129 Å². The molecule has 0 aromatic carbocycles. The maximum atomic E-state index is 12.3. The first-order valence-electron chi connectivity index (χ1n) is 42.7. The van der Waals surface area contributed by atoms with Crippen LogP contribution in [0.25, 0.3) is 0 Å². The molecule has 6 heterocycles. The summed E-state index contributed by atoms with van der Waals surface area (Å²) in [6.07, 6.45) is 13.2. The van der Waals surface area contributed by atoms with Gasteiger partial charge in [0.25, 0.3) is 0 Å². The molecule has 4 aliphatic carbocycles. The van der Waals surface area contributed by atoms with Crippen LogP contribution in [0.4, 0.5) is 9.59 Å². The molecule has 4 aromatic heterocycles. The Morgan fingerprint density at radius 1 is 0.419 bits per heavy atom. The third-order valence-electron chi connectivity index (χ3n) is 21.8. The third-order valence-corrected chi connectivity index (χ3v) is 24.1. The van der Waals surface area contributed by atoms with Crippen LogP contribution >= 0.6 is 50.5 Å². The van der Waals surface area contributed by atoms with Crippen LogP contribution in [0.3, 0.4) is 0 Å². The third kappa shape index (κ3) is 43.1. The van der Waals surface area contributed by atoms with E-state index in [-0.39, 0.29) is 98.5 Å². The summed E-state index contributed by atoms with van der Waals surface area (Å²) in [5.74, 6) is 16.9. The quantitative estimate of drug-likeness (QED) is 0.0131. The Balaban J connectivity index is 0.000000427. The predicted octanol–water partition coefficient (Wildman–Crippen LogP) is 6.62. The van der Waals surface area contributed by atoms with Crippen LogP contribution in [-0.2, 0) is 83.0 Å². The van der Waals surface area contributed by atoms with Gasteiger partial charge >= 0.3 is 54.9 Å². The van der Waals surface area contributed by atoms with Crippen LogP contribution in [0, 0.1) is 59.2 Å². The fourth-order valence-electron chi connectivity index (χ4n) is 15.0. The second kappa shape index (κ2) is 64.4. The number of pyridine rings is 4. The molecule has 684 valence electrons. The zero-order chi connectivity index (χ0) is 84.4. The summed E-state index contributed by atoms with van der Waals surface area (Å²) in [5.41, 5.74) is 3.38. The average Bonchev–Trinajstić information content (AvgIpc) is 1.63. The van der Waals surface area contributed by atoms with Gasteiger partial charge in [-0.15, -0.1) is 23.7 Å². The number of ether oxygens (including phenoxy) is 12. The van der Waals surface area contributed by atoms with Gasteiger partial charge in [-0.05, 0) is 147 Å². The Bertz CT molecular complexity index is 3820. The Labute approximate surface area is 766 Å². The average molecular weight is 1800 g/mol. The first-order valence-corrected chi connectivity index (χ1v) is 45.0. The second-order valence-corrected chi connectivity index (χ2v) is 32.8. The predicted molar refractivity (Wildman–Crippen MR) is 476 cm³/mol. The fourth-order valence-corrected chi connectivity index (χ4v) is 17.1. The zero-order valence-corrected chi connectivity index (χ0v) is 76.2. The molecular formula is C88H131LiN10O21S4. The van der Waals surface area contributed by atoms with E-state index in [2.05, 4.69) is 73.9 Å². The maximum Gasteiger partial charge on any atom is 1.00 e. The zero-order valence-electron chi connectivity index (χ0n) is 72.6. The van der Waals surface area contributed by atoms with Crippen molar-refractivity contribution in [2.24, 2.45) is 35.5 Å². The van der Waals surface area contributed by atoms with Crippen molar-refractivity contribution in [1.29, 1.82) is 0 Å². The summed E-state index contributed by atoms with van der Waals surface area (Å²) in [5, 5.41) is 24.7. The van der Waals surface area contributed by atoms with Crippen LogP contribution < -0.4 is 29.5 Å². The molecule has 4 aromatic rings. The number of carbonyl (C=O) groups excluding carboxylic acids is 4. The Morgan fingerprint density at radius 2 is 0.718 bits per heavy atom. The van der Waals surface area contributed by atoms with E-state index >= 15 is 0 Å². The number of unbranched alkanes of at least 4 members (excludes halogenated alkanes) is 4. The van der Waals surface area contributed by atoms with Crippen molar-refractivity contribution in [3.63, 3.8) is 0 Å². The summed E-state index contributed by atoms with van der Waals surface area (Å²) in [7, 11) is 2.70. The molecule has 124 heavy (non-hydrogen) atoms. The molecule has 31 nitrogen and oxygen atoms in total. The Morgan fingerprint density at radius 3 is 1.03 bits per heavy atom. The summed E-state index contributed by atoms with van der Waals surface area (Å²) in [4.78, 5) is 98.2. The fraction of sp³-hybridized carbons (Fsp3) is 0.659. The number of hydrogen-bond donors (Lipinski definition) is 4. The van der Waals surface area contributed by atoms with Gasteiger partial charge in [0.2, 0.25) is 0 Å². The number of alkyl carbamates (subject to hydrolysis) is 2. The number of fused-ring (bicyclic) bond motifs is 2. The molecule has 0 radical (unpaired) electrons. The first-order chi connectivity index (χ1) is 58.8. The van der Waals surface area contributed by atoms with E-state index in [1.807, 2.05) is 59.9 Å². The van der Waals surface area contributed by atoms with Gasteiger partial charge in [-0.25, -0.2) is 48.7 Å². The van der Waals surface area contributed by atoms with E-state index in [9.17, 15) is 39.0 Å². The molecule has 10 rings (SSSR count). The number of aromatic nitrogens is 4. The van der Waals surface area contributed by atoms with Crippen molar-refractivity contribution in [2.75, 3.05) is 208 Å². The molecule has 36 heteroatoms. The summed E-state index contributed by atoms with van der Waals surface area (Å²) in [6.45, 7) is 15.4. The van der Waals surface area contributed by atoms with E-state index in [1.54, 1.807) is 24.3 Å². The largest absolute Gasteiger partial charge is 1.00 e. The minimum absolute atomic E-state index is 0. The number of esters is 2. The number of aromatic carboxylic acids is 2. The molecule has 0 bridgehead atoms. The molecule has 2 saturated heterocycles. The van der Waals surface area contributed by atoms with Crippen molar-refractivity contribution in [3.05, 3.63) is 118 Å². The standard InChI is InChI=1S/C45H65N5O10S.C43H61N5O10S.Li.H2O.2H2S/c1-54-43(51)41-16-10-12-35(47-41)30-49-19-23-56-27-28-57-24-20-50(31-36-13-11-17-42(48-36)44(52)55-2)22-26-59-37(32-58-25-21-49)34-61-29-9-5-8-18-46-45(53)60-33-40-38-14-6-3-4-7-15-39(38)40;49-41(50)39-14-8-10-33(45-39)28-47-17-21-54-25-26-55-22-18-48(29-34-11-9-15-40(46-34)42(51)52)20-24-57-35(30-56-23-19-47)32-59-27-7-3-6-16-44-43(53)58-31-38-36-12-4-1-2-5-13-37(36)38;;;;/h10-13,16-17,37-40H,5-9,14-15,18-34H2,1-2H3,(H,46,53);8-11,14-15,35-38H,3-7,12-13,16-32H2,(H,44,53)(H,49,50)(H,51,52);;3*1H2/q;;+1;;;/p-1/t37-,38-,39+,40?;35-,36-,37+,38?;;;;/m00..../s1. The molecule has 0 spiro atoms. The van der Waals surface area contributed by atoms with Crippen molar-refractivity contribution in [2.45, 2.75) is 128 Å². The minimum atomic E-state index is -1.06. The summed E-state index contributed by atoms with van der Waals surface area (Å²) in [6, 6.07) is 20.7. The number of carboxylic acid groups (broad SMARTS) is 2. The smallest absolute Gasteiger partial charge is 0.870 e. The molecular weight excluding hydrogens is 1670 g/mol. The number of carbonyl (C=O) groups is 6. The molecule has 6 aliphatic rings. The monoisotopic (exact) mass is 1800 g/mol. The number of hydrogen-bond acceptors (Lipinski definition) is 29. The Hall–Kier alpha value is -6.38. The number of rotatable bonds is 32. The first kappa shape index (κ1) is 108. The summed E-state index contributed by atoms with van der Waals surface area (Å²) >= 11 is 3.66. The van der Waals surface area contributed by atoms with Crippen molar-refractivity contribution in [3.8, 4) is 23.7 Å². The Kier molecular flexibility index (Phi) is 56.1. The van der Waals surface area contributed by atoms with Crippen LogP contribution in [0.1, 0.15) is 155 Å². The number of thioether (sulfide) groups is 2. The van der Waals surface area contributed by atoms with E-state index in [0.717, 1.165) is 124 Å². The topological polar surface area (TPSA) is 372 Å². The van der Waals surface area contributed by atoms with E-state index < -0.39 is 23.9 Å².